The molecule has 1 saturated carbocycles. The highest BCUT2D eigenvalue weighted by molar-refractivity contribution is 6.09. The number of anilines is 1. The zero-order valence-corrected chi connectivity index (χ0v) is 19.5. The van der Waals surface area contributed by atoms with Crippen LogP contribution in [0.2, 0.25) is 0 Å². The molecule has 0 spiro atoms. The van der Waals surface area contributed by atoms with Crippen molar-refractivity contribution in [1.29, 1.82) is 0 Å². The summed E-state index contributed by atoms with van der Waals surface area (Å²) in [4.78, 5) is 20.3. The van der Waals surface area contributed by atoms with E-state index in [1.165, 1.54) is 25.1 Å². The van der Waals surface area contributed by atoms with Crippen molar-refractivity contribution in [3.63, 3.8) is 0 Å². The maximum Gasteiger partial charge on any atom is 0.219 e. The van der Waals surface area contributed by atoms with Crippen molar-refractivity contribution in [1.82, 2.24) is 24.8 Å². The van der Waals surface area contributed by atoms with E-state index in [2.05, 4.69) is 49.5 Å². The van der Waals surface area contributed by atoms with Crippen LogP contribution in [0.1, 0.15) is 12.8 Å². The summed E-state index contributed by atoms with van der Waals surface area (Å²) in [6.45, 7) is 9.60. The van der Waals surface area contributed by atoms with Crippen molar-refractivity contribution in [3.05, 3.63) is 60.0 Å². The van der Waals surface area contributed by atoms with Gasteiger partial charge in [-0.15, -0.1) is 0 Å². The highest BCUT2D eigenvalue weighted by Crippen LogP contribution is 2.32. The Labute approximate surface area is 202 Å². The molecule has 0 atom stereocenters. The Balaban J connectivity index is 1.20. The molecule has 5 aromatic rings. The molecule has 0 unspecified atom stereocenters. The summed E-state index contributed by atoms with van der Waals surface area (Å²) < 4.78 is 15.1. The number of nitrogens with one attached hydrogen (secondary N) is 2. The molecule has 7 heteroatoms. The van der Waals surface area contributed by atoms with Crippen molar-refractivity contribution in [2.75, 3.05) is 37.6 Å². The summed E-state index contributed by atoms with van der Waals surface area (Å²) in [7, 11) is 0. The summed E-state index contributed by atoms with van der Waals surface area (Å²) in [5, 5.41) is 3.76. The number of nitrogens with zero attached hydrogens (tertiary/aromatic N) is 4. The lowest BCUT2D eigenvalue weighted by Gasteiger charge is -2.36. The fourth-order valence-corrected chi connectivity index (χ4v) is 5.30. The van der Waals surface area contributed by atoms with E-state index in [4.69, 9.17) is 4.98 Å². The quantitative estimate of drug-likeness (QED) is 0.406. The minimum Gasteiger partial charge on any atom is -0.369 e. The molecule has 4 heterocycles. The van der Waals surface area contributed by atoms with Crippen LogP contribution in [-0.2, 0) is 0 Å². The number of rotatable bonds is 4. The number of hydrogen-bond donors (Lipinski definition) is 2. The fourth-order valence-electron chi connectivity index (χ4n) is 5.30. The van der Waals surface area contributed by atoms with Gasteiger partial charge in [0, 0.05) is 66.3 Å². The molecule has 2 N–H and O–H groups in total. The van der Waals surface area contributed by atoms with Crippen molar-refractivity contribution in [2.24, 2.45) is 5.92 Å². The lowest BCUT2D eigenvalue weighted by Crippen LogP contribution is -2.47. The molecule has 0 amide bonds. The maximum atomic E-state index is 15.1. The first kappa shape index (κ1) is 20.6. The molecule has 1 aliphatic carbocycles. The predicted molar refractivity (Wildman–Crippen MR) is 140 cm³/mol. The van der Waals surface area contributed by atoms with Crippen LogP contribution in [0, 0.1) is 11.9 Å². The Kier molecular flexibility index (Phi) is 4.67. The number of benzene rings is 2. The van der Waals surface area contributed by atoms with Gasteiger partial charge in [0.25, 0.3) is 0 Å². The van der Waals surface area contributed by atoms with Gasteiger partial charge in [-0.1, -0.05) is 18.7 Å². The second-order valence-electron chi connectivity index (χ2n) is 9.90. The molecule has 35 heavy (non-hydrogen) atoms. The van der Waals surface area contributed by atoms with Crippen LogP contribution in [0.3, 0.4) is 0 Å². The smallest absolute Gasteiger partial charge is 0.219 e. The Bertz CT molecular complexity index is 1620. The van der Waals surface area contributed by atoms with Crippen molar-refractivity contribution in [2.45, 2.75) is 12.8 Å². The first-order chi connectivity index (χ1) is 17.1. The molecule has 2 aliphatic rings. The Hall–Kier alpha value is -3.71. The molecule has 0 bridgehead atoms. The first-order valence-electron chi connectivity index (χ1n) is 12.4. The van der Waals surface area contributed by atoms with E-state index in [9.17, 15) is 0 Å². The second-order valence-corrected chi connectivity index (χ2v) is 9.90. The number of hydrogen-bond acceptors (Lipinski definition) is 4. The van der Waals surface area contributed by atoms with E-state index in [-0.39, 0.29) is 0 Å². The first-order valence-corrected chi connectivity index (χ1v) is 12.4. The van der Waals surface area contributed by atoms with Gasteiger partial charge >= 0.3 is 0 Å². The number of fused-ring (bicyclic) bond motifs is 4. The summed E-state index contributed by atoms with van der Waals surface area (Å²) in [6.07, 6.45) is 4.67. The van der Waals surface area contributed by atoms with E-state index < -0.39 is 5.95 Å². The largest absolute Gasteiger partial charge is 0.369 e. The molecular weight excluding hydrogens is 439 g/mol. The minimum absolute atomic E-state index is 0.312. The van der Waals surface area contributed by atoms with Gasteiger partial charge in [0.05, 0.1) is 5.52 Å². The van der Waals surface area contributed by atoms with Gasteiger partial charge in [-0.25, -0.2) is 9.97 Å². The minimum atomic E-state index is -0.475. The lowest BCUT2D eigenvalue weighted by atomic mass is 10.1. The fraction of sp³-hybridized carbons (Fsp3) is 0.286. The zero-order chi connectivity index (χ0) is 23.5. The van der Waals surface area contributed by atoms with E-state index in [0.717, 1.165) is 64.7 Å². The molecule has 2 fully saturated rings. The summed E-state index contributed by atoms with van der Waals surface area (Å²) >= 11 is 0. The molecule has 176 valence electrons. The molecule has 6 nitrogen and oxygen atoms in total. The van der Waals surface area contributed by atoms with E-state index >= 15 is 4.39 Å². The van der Waals surface area contributed by atoms with Gasteiger partial charge in [0.15, 0.2) is 5.65 Å². The van der Waals surface area contributed by atoms with Crippen LogP contribution in [0.4, 0.5) is 10.1 Å². The summed E-state index contributed by atoms with van der Waals surface area (Å²) in [5.41, 5.74) is 4.14. The molecule has 7 rings (SSSR count). The van der Waals surface area contributed by atoms with Gasteiger partial charge in [0.1, 0.15) is 11.2 Å². The van der Waals surface area contributed by atoms with Gasteiger partial charge in [-0.3, -0.25) is 4.90 Å². The zero-order valence-electron chi connectivity index (χ0n) is 19.5. The van der Waals surface area contributed by atoms with Gasteiger partial charge in [-0.2, -0.15) is 4.39 Å². The highest BCUT2D eigenvalue weighted by Gasteiger charge is 2.26. The number of aromatic amines is 2. The molecule has 2 aromatic carbocycles. The molecule has 3 aromatic heterocycles. The average Bonchev–Trinajstić information content (AvgIpc) is 3.63. The molecule has 0 radical (unpaired) electrons. The number of pyridine rings is 1. The van der Waals surface area contributed by atoms with E-state index in [1.54, 1.807) is 0 Å². The van der Waals surface area contributed by atoms with E-state index in [1.807, 2.05) is 30.5 Å². The standard InChI is InChI=1S/C28H27FN6/c1-17-22-15-24-23(14-20(22)8-9-30-17)26-28(31-24)33-27(29)25(32-26)19-4-6-21(7-5-19)35-12-10-34(11-13-35)16-18-2-3-18/h4-9,14-15,18,30H,1-3,10-13,16H2,(H,31,33). The third kappa shape index (κ3) is 3.67. The van der Waals surface area contributed by atoms with Crippen LogP contribution in [-0.4, -0.2) is 57.6 Å². The van der Waals surface area contributed by atoms with Crippen LogP contribution >= 0.6 is 0 Å². The van der Waals surface area contributed by atoms with Gasteiger partial charge in [0.2, 0.25) is 5.95 Å². The third-order valence-electron chi connectivity index (χ3n) is 7.48. The third-order valence-corrected chi connectivity index (χ3v) is 7.48. The van der Waals surface area contributed by atoms with Crippen molar-refractivity contribution >= 4 is 45.1 Å². The Morgan fingerprint density at radius 3 is 2.54 bits per heavy atom. The Morgan fingerprint density at radius 1 is 0.971 bits per heavy atom. The van der Waals surface area contributed by atoms with Crippen molar-refractivity contribution < 1.29 is 4.39 Å². The van der Waals surface area contributed by atoms with E-state index in [0.29, 0.717) is 16.9 Å². The number of piperazine rings is 1. The van der Waals surface area contributed by atoms with Gasteiger partial charge in [-0.05, 0) is 54.5 Å². The maximum absolute atomic E-state index is 15.1. The number of H-pyrrole nitrogens is 2. The van der Waals surface area contributed by atoms with Crippen LogP contribution in [0.5, 0.6) is 0 Å². The number of halogens is 1. The molecule has 1 aliphatic heterocycles. The monoisotopic (exact) mass is 466 g/mol. The lowest BCUT2D eigenvalue weighted by molar-refractivity contribution is 0.248. The van der Waals surface area contributed by atoms with Crippen LogP contribution in [0.15, 0.2) is 48.7 Å². The molecule has 1 saturated heterocycles. The van der Waals surface area contributed by atoms with Gasteiger partial charge < -0.3 is 14.9 Å². The van der Waals surface area contributed by atoms with Crippen molar-refractivity contribution in [3.8, 4) is 11.3 Å². The molecular formula is C28H27FN6. The second kappa shape index (κ2) is 7.92. The summed E-state index contributed by atoms with van der Waals surface area (Å²) in [6, 6.07) is 14.1. The highest BCUT2D eigenvalue weighted by atomic mass is 19.1. The SMILES string of the molecule is C=c1[nH]ccc2cc3c(cc12)nc1[nH]c(F)c(-c2ccc(N4CCN(CC5CC5)CC4)cc2)nc13. The normalized spacial score (nSPS) is 17.1. The van der Waals surface area contributed by atoms with Crippen LogP contribution < -0.4 is 10.2 Å². The topological polar surface area (TPSA) is 63.8 Å². The predicted octanol–water partition coefficient (Wildman–Crippen LogP) is 4.62. The number of aromatic nitrogens is 4. The average molecular weight is 467 g/mol. The summed E-state index contributed by atoms with van der Waals surface area (Å²) in [5.74, 6) is 0.461. The Morgan fingerprint density at radius 2 is 1.77 bits per heavy atom. The van der Waals surface area contributed by atoms with Crippen LogP contribution in [0.25, 0.3) is 50.7 Å².